The zero-order chi connectivity index (χ0) is 12.8. The third-order valence-corrected chi connectivity index (χ3v) is 3.82. The highest BCUT2D eigenvalue weighted by Gasteiger charge is 2.05. The summed E-state index contributed by atoms with van der Waals surface area (Å²) in [5, 5.41) is 13.3. The first kappa shape index (κ1) is 13.2. The molecule has 1 heterocycles. The predicted octanol–water partition coefficient (Wildman–Crippen LogP) is 2.67. The highest BCUT2D eigenvalue weighted by atomic mass is 32.1. The van der Waals surface area contributed by atoms with Gasteiger partial charge in [-0.15, -0.1) is 11.3 Å². The third kappa shape index (κ3) is 3.63. The first-order valence-corrected chi connectivity index (χ1v) is 6.95. The van der Waals surface area contributed by atoms with Gasteiger partial charge in [-0.3, -0.25) is 0 Å². The minimum absolute atomic E-state index is 0.224. The van der Waals surface area contributed by atoms with Crippen LogP contribution in [0.5, 0.6) is 0 Å². The molecule has 1 unspecified atom stereocenters. The Morgan fingerprint density at radius 2 is 2.11 bits per heavy atom. The van der Waals surface area contributed by atoms with Crippen LogP contribution in [0.2, 0.25) is 0 Å². The van der Waals surface area contributed by atoms with Gasteiger partial charge in [-0.25, -0.2) is 4.98 Å². The first-order chi connectivity index (χ1) is 8.79. The summed E-state index contributed by atoms with van der Waals surface area (Å²) in [6, 6.07) is 10.6. The second-order valence-corrected chi connectivity index (χ2v) is 5.39. The number of hydrogen-bond donors (Lipinski definition) is 2. The van der Waals surface area contributed by atoms with Crippen LogP contribution >= 0.6 is 11.3 Å². The second-order valence-electron chi connectivity index (χ2n) is 4.28. The molecule has 0 aliphatic heterocycles. The topological polar surface area (TPSA) is 45.1 Å². The minimum Gasteiger partial charge on any atom is -0.396 e. The van der Waals surface area contributed by atoms with Crippen LogP contribution in [-0.4, -0.2) is 22.7 Å². The second kappa shape index (κ2) is 6.64. The van der Waals surface area contributed by atoms with Gasteiger partial charge in [-0.2, -0.15) is 0 Å². The maximum absolute atomic E-state index is 8.83. The van der Waals surface area contributed by atoms with Gasteiger partial charge in [-0.05, 0) is 18.9 Å². The summed E-state index contributed by atoms with van der Waals surface area (Å²) in [5.74, 6) is 0. The number of nitrogens with one attached hydrogen (secondary N) is 1. The summed E-state index contributed by atoms with van der Waals surface area (Å²) in [7, 11) is 0. The van der Waals surface area contributed by atoms with E-state index >= 15 is 0 Å². The summed E-state index contributed by atoms with van der Waals surface area (Å²) in [4.78, 5) is 5.61. The van der Waals surface area contributed by atoms with Gasteiger partial charge >= 0.3 is 0 Å². The molecule has 4 heteroatoms. The van der Waals surface area contributed by atoms with Gasteiger partial charge in [0, 0.05) is 25.4 Å². The van der Waals surface area contributed by atoms with Crippen molar-refractivity contribution in [3.8, 4) is 10.4 Å². The molecule has 1 atom stereocenters. The fourth-order valence-corrected chi connectivity index (χ4v) is 2.56. The fraction of sp³-hybridized carbons (Fsp3) is 0.357. The van der Waals surface area contributed by atoms with Crippen molar-refractivity contribution >= 4 is 11.3 Å². The largest absolute Gasteiger partial charge is 0.396 e. The van der Waals surface area contributed by atoms with Crippen LogP contribution in [0.25, 0.3) is 10.4 Å². The number of aliphatic hydroxyl groups excluding tert-OH is 1. The van der Waals surface area contributed by atoms with E-state index < -0.39 is 0 Å². The Hall–Kier alpha value is -1.23. The predicted molar refractivity (Wildman–Crippen MR) is 75.6 cm³/mol. The monoisotopic (exact) mass is 262 g/mol. The molecule has 1 aromatic carbocycles. The molecule has 3 nitrogen and oxygen atoms in total. The van der Waals surface area contributed by atoms with Gasteiger partial charge in [0.05, 0.1) is 4.88 Å². The Morgan fingerprint density at radius 1 is 1.33 bits per heavy atom. The van der Waals surface area contributed by atoms with Crippen LogP contribution in [0.3, 0.4) is 0 Å². The van der Waals surface area contributed by atoms with Crippen molar-refractivity contribution in [1.29, 1.82) is 0 Å². The van der Waals surface area contributed by atoms with Gasteiger partial charge in [0.2, 0.25) is 0 Å². The molecule has 96 valence electrons. The molecule has 0 bridgehead atoms. The molecule has 2 rings (SSSR count). The van der Waals surface area contributed by atoms with E-state index in [1.807, 2.05) is 24.4 Å². The summed E-state index contributed by atoms with van der Waals surface area (Å²) in [6.45, 7) is 3.06. The number of rotatable bonds is 6. The Balaban J connectivity index is 1.95. The molecule has 0 fully saturated rings. The van der Waals surface area contributed by atoms with Gasteiger partial charge in [-0.1, -0.05) is 30.3 Å². The molecule has 0 aliphatic carbocycles. The van der Waals surface area contributed by atoms with Crippen LogP contribution in [0.4, 0.5) is 0 Å². The van der Waals surface area contributed by atoms with Crippen LogP contribution < -0.4 is 5.32 Å². The third-order valence-electron chi connectivity index (χ3n) is 2.78. The maximum atomic E-state index is 8.83. The molecule has 0 amide bonds. The number of aliphatic hydroxyl groups is 1. The lowest BCUT2D eigenvalue weighted by Crippen LogP contribution is -2.26. The lowest BCUT2D eigenvalue weighted by Gasteiger charge is -2.10. The zero-order valence-electron chi connectivity index (χ0n) is 10.5. The van der Waals surface area contributed by atoms with Gasteiger partial charge in [0.15, 0.2) is 0 Å². The number of nitrogens with zero attached hydrogens (tertiary/aromatic N) is 1. The van der Waals surface area contributed by atoms with Crippen LogP contribution in [0, 0.1) is 0 Å². The lowest BCUT2D eigenvalue weighted by molar-refractivity contribution is 0.268. The SMILES string of the molecule is CC(CCO)NCc1ncc(-c2ccccc2)s1. The number of thiazole rings is 1. The Kier molecular flexibility index (Phi) is 4.87. The van der Waals surface area contributed by atoms with Crippen LogP contribution in [-0.2, 0) is 6.54 Å². The normalized spacial score (nSPS) is 12.6. The number of benzene rings is 1. The van der Waals surface area contributed by atoms with Crippen molar-refractivity contribution in [2.75, 3.05) is 6.61 Å². The molecular formula is C14H18N2OS. The van der Waals surface area contributed by atoms with E-state index in [1.165, 1.54) is 10.4 Å². The van der Waals surface area contributed by atoms with E-state index in [1.54, 1.807) is 11.3 Å². The van der Waals surface area contributed by atoms with Crippen LogP contribution in [0.15, 0.2) is 36.5 Å². The van der Waals surface area contributed by atoms with Crippen LogP contribution in [0.1, 0.15) is 18.4 Å². The summed E-state index contributed by atoms with van der Waals surface area (Å²) in [5.41, 5.74) is 1.21. The average Bonchev–Trinajstić information content (AvgIpc) is 2.87. The number of aromatic nitrogens is 1. The summed E-state index contributed by atoms with van der Waals surface area (Å²) >= 11 is 1.71. The van der Waals surface area contributed by atoms with E-state index in [9.17, 15) is 0 Å². The van der Waals surface area contributed by atoms with Crippen molar-refractivity contribution in [2.24, 2.45) is 0 Å². The minimum atomic E-state index is 0.224. The van der Waals surface area contributed by atoms with Crippen molar-refractivity contribution in [3.05, 3.63) is 41.5 Å². The number of hydrogen-bond acceptors (Lipinski definition) is 4. The highest BCUT2D eigenvalue weighted by molar-refractivity contribution is 7.15. The Morgan fingerprint density at radius 3 is 2.83 bits per heavy atom. The first-order valence-electron chi connectivity index (χ1n) is 6.14. The molecule has 0 radical (unpaired) electrons. The quantitative estimate of drug-likeness (QED) is 0.841. The maximum Gasteiger partial charge on any atom is 0.107 e. The molecule has 0 saturated heterocycles. The summed E-state index contributed by atoms with van der Waals surface area (Å²) < 4.78 is 0. The van der Waals surface area contributed by atoms with E-state index in [0.717, 1.165) is 18.0 Å². The molecule has 0 saturated carbocycles. The highest BCUT2D eigenvalue weighted by Crippen LogP contribution is 2.25. The van der Waals surface area contributed by atoms with Gasteiger partial charge in [0.25, 0.3) is 0 Å². The molecular weight excluding hydrogens is 244 g/mol. The molecule has 1 aromatic heterocycles. The van der Waals surface area contributed by atoms with E-state index in [0.29, 0.717) is 6.04 Å². The van der Waals surface area contributed by atoms with Crippen molar-refractivity contribution in [3.63, 3.8) is 0 Å². The van der Waals surface area contributed by atoms with E-state index in [2.05, 4.69) is 29.4 Å². The lowest BCUT2D eigenvalue weighted by atomic mass is 10.2. The van der Waals surface area contributed by atoms with Crippen molar-refractivity contribution in [1.82, 2.24) is 10.3 Å². The van der Waals surface area contributed by atoms with E-state index in [4.69, 9.17) is 5.11 Å². The van der Waals surface area contributed by atoms with E-state index in [-0.39, 0.29) is 6.61 Å². The molecule has 2 aromatic rings. The molecule has 2 N–H and O–H groups in total. The van der Waals surface area contributed by atoms with Crippen molar-refractivity contribution in [2.45, 2.75) is 25.9 Å². The fourth-order valence-electron chi connectivity index (χ4n) is 1.69. The average molecular weight is 262 g/mol. The summed E-state index contributed by atoms with van der Waals surface area (Å²) in [6.07, 6.45) is 2.70. The molecule has 0 aliphatic rings. The zero-order valence-corrected chi connectivity index (χ0v) is 11.3. The molecule has 18 heavy (non-hydrogen) atoms. The molecule has 0 spiro atoms. The smallest absolute Gasteiger partial charge is 0.107 e. The Labute approximate surface area is 112 Å². The van der Waals surface area contributed by atoms with Gasteiger partial charge < -0.3 is 10.4 Å². The van der Waals surface area contributed by atoms with Gasteiger partial charge in [0.1, 0.15) is 5.01 Å². The Bertz CT molecular complexity index is 470. The van der Waals surface area contributed by atoms with Crippen molar-refractivity contribution < 1.29 is 5.11 Å². The standard InChI is InChI=1S/C14H18N2OS/c1-11(7-8-17)15-10-14-16-9-13(18-14)12-5-3-2-4-6-12/h2-6,9,11,15,17H,7-8,10H2,1H3.